The minimum atomic E-state index is 0.155. The number of hydrogen-bond acceptors (Lipinski definition) is 5. The lowest BCUT2D eigenvalue weighted by molar-refractivity contribution is 0.0665. The molecule has 0 aliphatic carbocycles. The first kappa shape index (κ1) is 13.4. The zero-order valence-electron chi connectivity index (χ0n) is 9.91. The molecule has 0 aromatic rings. The van der Waals surface area contributed by atoms with E-state index in [2.05, 4.69) is 5.43 Å². The van der Waals surface area contributed by atoms with Crippen LogP contribution in [0.15, 0.2) is 11.8 Å². The van der Waals surface area contributed by atoms with Gasteiger partial charge in [0.25, 0.3) is 0 Å². The van der Waals surface area contributed by atoms with Crippen molar-refractivity contribution in [3.8, 4) is 0 Å². The number of methoxy groups -OCH3 is 1. The third kappa shape index (κ3) is 4.94. The highest BCUT2D eigenvalue weighted by molar-refractivity contribution is 5.09. The topological polar surface area (TPSA) is 65.7 Å². The third-order valence-corrected chi connectivity index (χ3v) is 2.59. The average Bonchev–Trinajstić information content (AvgIpc) is 2.35. The summed E-state index contributed by atoms with van der Waals surface area (Å²) in [5.74, 6) is 5.52. The molecule has 0 aromatic heterocycles. The Labute approximate surface area is 96.9 Å². The van der Waals surface area contributed by atoms with Gasteiger partial charge in [0, 0.05) is 19.8 Å². The monoisotopic (exact) mass is 230 g/mol. The van der Waals surface area contributed by atoms with Crippen LogP contribution < -0.4 is 11.3 Å². The second kappa shape index (κ2) is 8.52. The molecule has 1 atom stereocenters. The van der Waals surface area contributed by atoms with Crippen LogP contribution in [0.25, 0.3) is 0 Å². The van der Waals surface area contributed by atoms with Crippen molar-refractivity contribution in [2.75, 3.05) is 33.5 Å². The van der Waals surface area contributed by atoms with Gasteiger partial charge in [0.15, 0.2) is 0 Å². The lowest BCUT2D eigenvalue weighted by Crippen LogP contribution is -2.38. The van der Waals surface area contributed by atoms with Gasteiger partial charge in [-0.05, 0) is 24.8 Å². The Hall–Kier alpha value is -0.620. The van der Waals surface area contributed by atoms with Crippen molar-refractivity contribution in [3.63, 3.8) is 0 Å². The molecule has 0 bridgehead atoms. The Kier molecular flexibility index (Phi) is 7.16. The molecule has 5 nitrogen and oxygen atoms in total. The Balaban J connectivity index is 2.18. The van der Waals surface area contributed by atoms with Gasteiger partial charge < -0.3 is 14.2 Å². The number of rotatable bonds is 8. The summed E-state index contributed by atoms with van der Waals surface area (Å²) < 4.78 is 15.6. The Morgan fingerprint density at radius 3 is 3.00 bits per heavy atom. The highest BCUT2D eigenvalue weighted by atomic mass is 16.5. The predicted octanol–water partition coefficient (Wildman–Crippen LogP) is 0.566. The number of nitrogens with two attached hydrogens (primary N) is 1. The molecule has 0 radical (unpaired) electrons. The molecule has 0 saturated carbocycles. The van der Waals surface area contributed by atoms with Crippen LogP contribution in [0.5, 0.6) is 0 Å². The zero-order chi connectivity index (χ0) is 11.6. The minimum absolute atomic E-state index is 0.155. The van der Waals surface area contributed by atoms with Crippen molar-refractivity contribution in [1.29, 1.82) is 0 Å². The van der Waals surface area contributed by atoms with Gasteiger partial charge in [-0.15, -0.1) is 0 Å². The average molecular weight is 230 g/mol. The molecule has 16 heavy (non-hydrogen) atoms. The SMILES string of the molecule is COCCOCCC(NN)C1=COCCC1. The number of nitrogens with one attached hydrogen (secondary N) is 1. The summed E-state index contributed by atoms with van der Waals surface area (Å²) in [7, 11) is 1.66. The summed E-state index contributed by atoms with van der Waals surface area (Å²) in [6.45, 7) is 2.75. The fourth-order valence-corrected chi connectivity index (χ4v) is 1.66. The van der Waals surface area contributed by atoms with E-state index >= 15 is 0 Å². The highest BCUT2D eigenvalue weighted by Crippen LogP contribution is 2.17. The van der Waals surface area contributed by atoms with Gasteiger partial charge >= 0.3 is 0 Å². The van der Waals surface area contributed by atoms with E-state index in [1.54, 1.807) is 7.11 Å². The van der Waals surface area contributed by atoms with Crippen LogP contribution in [0.3, 0.4) is 0 Å². The summed E-state index contributed by atoms with van der Waals surface area (Å²) >= 11 is 0. The lowest BCUT2D eigenvalue weighted by Gasteiger charge is -2.22. The maximum absolute atomic E-state index is 5.52. The summed E-state index contributed by atoms with van der Waals surface area (Å²) in [4.78, 5) is 0. The molecule has 0 spiro atoms. The van der Waals surface area contributed by atoms with E-state index in [1.165, 1.54) is 5.57 Å². The van der Waals surface area contributed by atoms with Crippen LogP contribution in [0.4, 0.5) is 0 Å². The van der Waals surface area contributed by atoms with E-state index in [0.717, 1.165) is 25.9 Å². The predicted molar refractivity (Wildman–Crippen MR) is 61.7 cm³/mol. The molecule has 0 aromatic carbocycles. The fourth-order valence-electron chi connectivity index (χ4n) is 1.66. The smallest absolute Gasteiger partial charge is 0.0876 e. The van der Waals surface area contributed by atoms with E-state index in [-0.39, 0.29) is 6.04 Å². The van der Waals surface area contributed by atoms with Crippen LogP contribution >= 0.6 is 0 Å². The van der Waals surface area contributed by atoms with Crippen LogP contribution in [0.2, 0.25) is 0 Å². The molecule has 3 N–H and O–H groups in total. The van der Waals surface area contributed by atoms with E-state index < -0.39 is 0 Å². The Morgan fingerprint density at radius 2 is 2.38 bits per heavy atom. The standard InChI is InChI=1S/C11H22N2O3/c1-14-7-8-15-6-4-11(13-12)10-3-2-5-16-9-10/h9,11,13H,2-8,12H2,1H3. The van der Waals surface area contributed by atoms with Gasteiger partial charge in [0.2, 0.25) is 0 Å². The van der Waals surface area contributed by atoms with Gasteiger partial charge in [-0.25, -0.2) is 0 Å². The molecule has 1 unspecified atom stereocenters. The van der Waals surface area contributed by atoms with E-state index in [9.17, 15) is 0 Å². The molecule has 0 amide bonds. The summed E-state index contributed by atoms with van der Waals surface area (Å²) in [6, 6.07) is 0.155. The first-order valence-electron chi connectivity index (χ1n) is 5.72. The number of hydrazine groups is 1. The number of ether oxygens (including phenoxy) is 3. The molecule has 1 aliphatic rings. The van der Waals surface area contributed by atoms with E-state index in [4.69, 9.17) is 20.1 Å². The maximum Gasteiger partial charge on any atom is 0.0876 e. The fraction of sp³-hybridized carbons (Fsp3) is 0.818. The van der Waals surface area contributed by atoms with E-state index in [1.807, 2.05) is 6.26 Å². The Bertz CT molecular complexity index is 209. The summed E-state index contributed by atoms with van der Waals surface area (Å²) in [5, 5.41) is 0. The molecule has 0 saturated heterocycles. The quantitative estimate of drug-likeness (QED) is 0.362. The lowest BCUT2D eigenvalue weighted by atomic mass is 10.0. The molecule has 94 valence electrons. The van der Waals surface area contributed by atoms with Gasteiger partial charge in [0.1, 0.15) is 0 Å². The van der Waals surface area contributed by atoms with Crippen molar-refractivity contribution in [3.05, 3.63) is 11.8 Å². The Morgan fingerprint density at radius 1 is 1.50 bits per heavy atom. The van der Waals surface area contributed by atoms with Crippen molar-refractivity contribution < 1.29 is 14.2 Å². The minimum Gasteiger partial charge on any atom is -0.501 e. The molecule has 0 fully saturated rings. The molecular weight excluding hydrogens is 208 g/mol. The van der Waals surface area contributed by atoms with Gasteiger partial charge in [-0.3, -0.25) is 11.3 Å². The molecular formula is C11H22N2O3. The van der Waals surface area contributed by atoms with Crippen molar-refractivity contribution in [1.82, 2.24) is 5.43 Å². The summed E-state index contributed by atoms with van der Waals surface area (Å²) in [5.41, 5.74) is 4.03. The third-order valence-electron chi connectivity index (χ3n) is 2.59. The van der Waals surface area contributed by atoms with Crippen LogP contribution in [0.1, 0.15) is 19.3 Å². The van der Waals surface area contributed by atoms with Crippen molar-refractivity contribution >= 4 is 0 Å². The molecule has 1 aliphatic heterocycles. The highest BCUT2D eigenvalue weighted by Gasteiger charge is 2.15. The van der Waals surface area contributed by atoms with Gasteiger partial charge in [0.05, 0.1) is 26.1 Å². The maximum atomic E-state index is 5.52. The van der Waals surface area contributed by atoms with Crippen LogP contribution in [-0.4, -0.2) is 39.6 Å². The van der Waals surface area contributed by atoms with Gasteiger partial charge in [-0.1, -0.05) is 0 Å². The first-order chi connectivity index (χ1) is 7.88. The number of hydrogen-bond donors (Lipinski definition) is 2. The largest absolute Gasteiger partial charge is 0.501 e. The second-order valence-corrected chi connectivity index (χ2v) is 3.78. The van der Waals surface area contributed by atoms with Gasteiger partial charge in [-0.2, -0.15) is 0 Å². The molecule has 1 rings (SSSR count). The van der Waals surface area contributed by atoms with Crippen LogP contribution in [-0.2, 0) is 14.2 Å². The second-order valence-electron chi connectivity index (χ2n) is 3.78. The molecule has 1 heterocycles. The molecule has 5 heteroatoms. The van der Waals surface area contributed by atoms with Crippen molar-refractivity contribution in [2.24, 2.45) is 5.84 Å². The summed E-state index contributed by atoms with van der Waals surface area (Å²) in [6.07, 6.45) is 4.79. The zero-order valence-corrected chi connectivity index (χ0v) is 9.91. The normalized spacial score (nSPS) is 17.8. The van der Waals surface area contributed by atoms with Crippen LogP contribution in [0, 0.1) is 0 Å². The van der Waals surface area contributed by atoms with E-state index in [0.29, 0.717) is 19.8 Å². The first-order valence-corrected chi connectivity index (χ1v) is 5.72. The van der Waals surface area contributed by atoms with Crippen molar-refractivity contribution in [2.45, 2.75) is 25.3 Å².